The quantitative estimate of drug-likeness (QED) is 0.319. The fourth-order valence-corrected chi connectivity index (χ4v) is 5.17. The van der Waals surface area contributed by atoms with E-state index in [0.29, 0.717) is 19.4 Å². The largest absolute Gasteiger partial charge is 0.229 e. The van der Waals surface area contributed by atoms with E-state index in [0.717, 1.165) is 0 Å². The van der Waals surface area contributed by atoms with Crippen molar-refractivity contribution < 1.29 is 16.8 Å². The Bertz CT molecular complexity index is 523. The van der Waals surface area contributed by atoms with E-state index in [2.05, 4.69) is 14.7 Å². The maximum absolute atomic E-state index is 11.9. The van der Waals surface area contributed by atoms with Gasteiger partial charge >= 0.3 is 0 Å². The van der Waals surface area contributed by atoms with Crippen molar-refractivity contribution in [3.63, 3.8) is 0 Å². The summed E-state index contributed by atoms with van der Waals surface area (Å²) in [6, 6.07) is 0. The molecule has 0 aromatic heterocycles. The molecule has 1 saturated heterocycles. The Morgan fingerprint density at radius 1 is 1.26 bits per heavy atom. The van der Waals surface area contributed by atoms with Crippen LogP contribution in [0.25, 0.3) is 10.4 Å². The minimum Gasteiger partial charge on any atom is -0.229 e. The number of nitrogens with one attached hydrogen (secondary N) is 1. The average molecular weight is 310 g/mol. The molecule has 1 aliphatic rings. The predicted octanol–water partition coefficient (Wildman–Crippen LogP) is 0.573. The molecule has 1 N–H and O–H groups in total. The number of hydrogen-bond acceptors (Lipinski definition) is 5. The smallest absolute Gasteiger partial charge is 0.214 e. The highest BCUT2D eigenvalue weighted by atomic mass is 32.2. The van der Waals surface area contributed by atoms with E-state index >= 15 is 0 Å². The van der Waals surface area contributed by atoms with Crippen molar-refractivity contribution in [2.45, 2.75) is 30.9 Å². The van der Waals surface area contributed by atoms with Gasteiger partial charge in [0.1, 0.15) is 9.84 Å². The van der Waals surface area contributed by atoms with Crippen molar-refractivity contribution in [2.75, 3.05) is 24.6 Å². The van der Waals surface area contributed by atoms with Gasteiger partial charge < -0.3 is 0 Å². The van der Waals surface area contributed by atoms with E-state index in [9.17, 15) is 16.8 Å². The number of sulfonamides is 1. The zero-order chi connectivity index (χ0) is 14.4. The van der Waals surface area contributed by atoms with E-state index in [-0.39, 0.29) is 30.9 Å². The SMILES string of the molecule is [N-]=[N+]=NCCCCNS(=O)(=O)C1CCS(=O)(=O)CC1. The molecule has 0 bridgehead atoms. The van der Waals surface area contributed by atoms with Gasteiger partial charge in [-0.2, -0.15) is 0 Å². The number of sulfone groups is 1. The normalized spacial score (nSPS) is 19.8. The molecule has 1 aliphatic heterocycles. The summed E-state index contributed by atoms with van der Waals surface area (Å²) in [5.74, 6) is -0.120. The molecule has 1 heterocycles. The predicted molar refractivity (Wildman–Crippen MR) is 71.8 cm³/mol. The third-order valence-corrected chi connectivity index (χ3v) is 6.66. The summed E-state index contributed by atoms with van der Waals surface area (Å²) in [6.45, 7) is 0.631. The summed E-state index contributed by atoms with van der Waals surface area (Å²) >= 11 is 0. The van der Waals surface area contributed by atoms with Gasteiger partial charge in [-0.25, -0.2) is 21.6 Å². The van der Waals surface area contributed by atoms with Crippen LogP contribution in [0, 0.1) is 0 Å². The van der Waals surface area contributed by atoms with Gasteiger partial charge in [-0.05, 0) is 31.2 Å². The van der Waals surface area contributed by atoms with Crippen molar-refractivity contribution >= 4 is 19.9 Å². The number of unbranched alkanes of at least 4 members (excludes halogenated alkanes) is 1. The molecule has 0 saturated carbocycles. The van der Waals surface area contributed by atoms with Gasteiger partial charge in [-0.1, -0.05) is 5.11 Å². The van der Waals surface area contributed by atoms with E-state index in [4.69, 9.17) is 5.53 Å². The number of azide groups is 1. The zero-order valence-corrected chi connectivity index (χ0v) is 12.2. The summed E-state index contributed by atoms with van der Waals surface area (Å²) in [5, 5.41) is 2.73. The molecule has 1 rings (SSSR count). The molecule has 0 atom stereocenters. The van der Waals surface area contributed by atoms with E-state index in [1.807, 2.05) is 0 Å². The summed E-state index contributed by atoms with van der Waals surface area (Å²) in [6.07, 6.45) is 1.53. The van der Waals surface area contributed by atoms with E-state index in [1.54, 1.807) is 0 Å². The van der Waals surface area contributed by atoms with Crippen LogP contribution in [0.2, 0.25) is 0 Å². The van der Waals surface area contributed by atoms with Gasteiger partial charge in [0.25, 0.3) is 0 Å². The first kappa shape index (κ1) is 16.2. The van der Waals surface area contributed by atoms with Gasteiger partial charge in [-0.15, -0.1) is 0 Å². The van der Waals surface area contributed by atoms with Gasteiger partial charge in [0.15, 0.2) is 0 Å². The van der Waals surface area contributed by atoms with Gasteiger partial charge in [0.2, 0.25) is 10.0 Å². The lowest BCUT2D eigenvalue weighted by molar-refractivity contribution is 0.540. The highest BCUT2D eigenvalue weighted by molar-refractivity contribution is 7.92. The lowest BCUT2D eigenvalue weighted by Crippen LogP contribution is -2.40. The maximum atomic E-state index is 11.9. The molecule has 0 aliphatic carbocycles. The molecule has 0 aromatic rings. The molecule has 0 radical (unpaired) electrons. The lowest BCUT2D eigenvalue weighted by Gasteiger charge is -2.22. The summed E-state index contributed by atoms with van der Waals surface area (Å²) < 4.78 is 48.7. The lowest BCUT2D eigenvalue weighted by atomic mass is 10.2. The Hall–Kier alpha value is -0.830. The summed E-state index contributed by atoms with van der Waals surface area (Å²) in [5.41, 5.74) is 8.06. The van der Waals surface area contributed by atoms with Crippen LogP contribution < -0.4 is 4.72 Å². The molecule has 10 heteroatoms. The Morgan fingerprint density at radius 3 is 2.47 bits per heavy atom. The molecule has 1 fully saturated rings. The molecule has 8 nitrogen and oxygen atoms in total. The van der Waals surface area contributed by atoms with Crippen LogP contribution in [-0.2, 0) is 19.9 Å². The zero-order valence-electron chi connectivity index (χ0n) is 10.5. The highest BCUT2D eigenvalue weighted by Crippen LogP contribution is 2.18. The van der Waals surface area contributed by atoms with Crippen LogP contribution in [0.15, 0.2) is 5.11 Å². The highest BCUT2D eigenvalue weighted by Gasteiger charge is 2.32. The first-order chi connectivity index (χ1) is 8.87. The van der Waals surface area contributed by atoms with Gasteiger partial charge in [0.05, 0.1) is 16.8 Å². The van der Waals surface area contributed by atoms with Crippen LogP contribution >= 0.6 is 0 Å². The monoisotopic (exact) mass is 310 g/mol. The van der Waals surface area contributed by atoms with E-state index < -0.39 is 25.1 Å². The molecular weight excluding hydrogens is 292 g/mol. The molecule has 19 heavy (non-hydrogen) atoms. The van der Waals surface area contributed by atoms with Crippen LogP contribution in [0.5, 0.6) is 0 Å². The molecule has 0 spiro atoms. The van der Waals surface area contributed by atoms with Crippen molar-refractivity contribution in [3.05, 3.63) is 10.4 Å². The third kappa shape index (κ3) is 5.77. The Balaban J connectivity index is 2.34. The summed E-state index contributed by atoms with van der Waals surface area (Å²) in [4.78, 5) is 2.60. The average Bonchev–Trinajstić information content (AvgIpc) is 2.33. The second-order valence-corrected chi connectivity index (χ2v) is 8.80. The number of hydrogen-bond donors (Lipinski definition) is 1. The Labute approximate surface area is 113 Å². The van der Waals surface area contributed by atoms with Gasteiger partial charge in [0, 0.05) is 18.0 Å². The number of nitrogens with zero attached hydrogens (tertiary/aromatic N) is 3. The molecule has 0 unspecified atom stereocenters. The van der Waals surface area contributed by atoms with Crippen LogP contribution in [-0.4, -0.2) is 46.7 Å². The Kier molecular flexibility index (Phi) is 6.05. The second kappa shape index (κ2) is 7.09. The number of rotatable bonds is 7. The first-order valence-electron chi connectivity index (χ1n) is 6.07. The van der Waals surface area contributed by atoms with Crippen molar-refractivity contribution in [1.29, 1.82) is 0 Å². The van der Waals surface area contributed by atoms with Crippen LogP contribution in [0.1, 0.15) is 25.7 Å². The fraction of sp³-hybridized carbons (Fsp3) is 1.00. The van der Waals surface area contributed by atoms with Gasteiger partial charge in [-0.3, -0.25) is 0 Å². The third-order valence-electron chi connectivity index (χ3n) is 2.99. The van der Waals surface area contributed by atoms with Crippen LogP contribution in [0.4, 0.5) is 0 Å². The topological polar surface area (TPSA) is 129 Å². The maximum Gasteiger partial charge on any atom is 0.214 e. The van der Waals surface area contributed by atoms with Crippen molar-refractivity contribution in [2.24, 2.45) is 5.11 Å². The van der Waals surface area contributed by atoms with Crippen molar-refractivity contribution in [1.82, 2.24) is 4.72 Å². The standard InChI is InChI=1S/C9H18N4O4S2/c10-13-11-5-1-2-6-12-19(16,17)9-3-7-18(14,15)8-4-9/h9,12H,1-8H2. The Morgan fingerprint density at radius 2 is 1.89 bits per heavy atom. The molecule has 0 aromatic carbocycles. The molecular formula is C9H18N4O4S2. The minimum atomic E-state index is -3.44. The minimum absolute atomic E-state index is 0.0601. The first-order valence-corrected chi connectivity index (χ1v) is 9.44. The molecule has 0 amide bonds. The van der Waals surface area contributed by atoms with E-state index in [1.165, 1.54) is 0 Å². The fourth-order valence-electron chi connectivity index (χ4n) is 1.86. The second-order valence-electron chi connectivity index (χ2n) is 4.45. The molecule has 110 valence electrons. The van der Waals surface area contributed by atoms with Crippen molar-refractivity contribution in [3.8, 4) is 0 Å². The van der Waals surface area contributed by atoms with Crippen LogP contribution in [0.3, 0.4) is 0 Å². The summed E-state index contributed by atoms with van der Waals surface area (Å²) in [7, 11) is -6.49.